The van der Waals surface area contributed by atoms with Crippen molar-refractivity contribution in [2.45, 2.75) is 32.6 Å². The maximum Gasteiger partial charge on any atom is 0.180 e. The highest BCUT2D eigenvalue weighted by Gasteiger charge is 2.22. The fraction of sp³-hybridized carbons (Fsp3) is 0.556. The Morgan fingerprint density at radius 1 is 1.46 bits per heavy atom. The molecule has 1 aliphatic carbocycles. The molecule has 0 bridgehead atoms. The third kappa shape index (κ3) is 1.22. The van der Waals surface area contributed by atoms with E-state index in [1.54, 1.807) is 0 Å². The monoisotopic (exact) mass is 180 g/mol. The lowest BCUT2D eigenvalue weighted by Crippen LogP contribution is -2.07. The van der Waals surface area contributed by atoms with E-state index in [0.717, 1.165) is 41.8 Å². The SMILES string of the molecule is CC(=O)c1nn(O)c2c1CCCC2. The van der Waals surface area contributed by atoms with E-state index in [4.69, 9.17) is 0 Å². The summed E-state index contributed by atoms with van der Waals surface area (Å²) in [6.45, 7) is 1.48. The lowest BCUT2D eigenvalue weighted by molar-refractivity contribution is 0.0992. The first-order valence-corrected chi connectivity index (χ1v) is 4.51. The summed E-state index contributed by atoms with van der Waals surface area (Å²) in [5.41, 5.74) is 2.20. The zero-order valence-corrected chi connectivity index (χ0v) is 7.58. The zero-order chi connectivity index (χ0) is 9.42. The zero-order valence-electron chi connectivity index (χ0n) is 7.58. The van der Waals surface area contributed by atoms with Crippen molar-refractivity contribution in [2.24, 2.45) is 0 Å². The van der Waals surface area contributed by atoms with Crippen LogP contribution in [0.4, 0.5) is 0 Å². The molecule has 1 aromatic rings. The van der Waals surface area contributed by atoms with Gasteiger partial charge in [0.05, 0.1) is 5.69 Å². The molecule has 0 fully saturated rings. The molecule has 4 heteroatoms. The number of Topliss-reactive ketones (excluding diaryl/α,β-unsaturated/α-hetero) is 1. The fourth-order valence-corrected chi connectivity index (χ4v) is 1.86. The molecular formula is C9H12N2O2. The van der Waals surface area contributed by atoms with Crippen molar-refractivity contribution >= 4 is 5.78 Å². The van der Waals surface area contributed by atoms with Gasteiger partial charge in [-0.3, -0.25) is 4.79 Å². The van der Waals surface area contributed by atoms with Gasteiger partial charge in [0.15, 0.2) is 5.78 Å². The number of rotatable bonds is 1. The predicted octanol–water partition coefficient (Wildman–Crippen LogP) is 1.20. The van der Waals surface area contributed by atoms with Crippen molar-refractivity contribution in [3.8, 4) is 0 Å². The van der Waals surface area contributed by atoms with E-state index in [-0.39, 0.29) is 5.78 Å². The molecule has 2 rings (SSSR count). The molecule has 0 saturated carbocycles. The first-order chi connectivity index (χ1) is 6.20. The molecule has 1 N–H and O–H groups in total. The van der Waals surface area contributed by atoms with Gasteiger partial charge in [0, 0.05) is 12.5 Å². The number of aromatic nitrogens is 2. The van der Waals surface area contributed by atoms with E-state index in [2.05, 4.69) is 5.10 Å². The van der Waals surface area contributed by atoms with Crippen LogP contribution in [0.3, 0.4) is 0 Å². The summed E-state index contributed by atoms with van der Waals surface area (Å²) in [4.78, 5) is 12.0. The Bertz CT molecular complexity index is 355. The third-order valence-corrected chi connectivity index (χ3v) is 2.49. The third-order valence-electron chi connectivity index (χ3n) is 2.49. The second-order valence-electron chi connectivity index (χ2n) is 3.43. The molecule has 0 saturated heterocycles. The van der Waals surface area contributed by atoms with Gasteiger partial charge in [-0.1, -0.05) is 0 Å². The van der Waals surface area contributed by atoms with Crippen molar-refractivity contribution in [2.75, 3.05) is 0 Å². The van der Waals surface area contributed by atoms with Crippen LogP contribution in [0, 0.1) is 0 Å². The van der Waals surface area contributed by atoms with Crippen LogP contribution in [0.15, 0.2) is 0 Å². The first-order valence-electron chi connectivity index (χ1n) is 4.51. The Labute approximate surface area is 76.1 Å². The summed E-state index contributed by atoms with van der Waals surface area (Å²) in [5, 5.41) is 13.2. The summed E-state index contributed by atoms with van der Waals surface area (Å²) in [7, 11) is 0. The maximum absolute atomic E-state index is 11.1. The van der Waals surface area contributed by atoms with Gasteiger partial charge in [0.1, 0.15) is 5.69 Å². The van der Waals surface area contributed by atoms with Crippen LogP contribution < -0.4 is 0 Å². The maximum atomic E-state index is 11.1. The van der Waals surface area contributed by atoms with Crippen LogP contribution in [-0.4, -0.2) is 20.9 Å². The van der Waals surface area contributed by atoms with Gasteiger partial charge in [-0.15, -0.1) is 9.94 Å². The molecule has 0 radical (unpaired) electrons. The van der Waals surface area contributed by atoms with Crippen LogP contribution in [-0.2, 0) is 12.8 Å². The Morgan fingerprint density at radius 2 is 2.15 bits per heavy atom. The molecule has 1 aromatic heterocycles. The Morgan fingerprint density at radius 3 is 2.85 bits per heavy atom. The molecular weight excluding hydrogens is 168 g/mol. The fourth-order valence-electron chi connectivity index (χ4n) is 1.86. The van der Waals surface area contributed by atoms with Crippen LogP contribution >= 0.6 is 0 Å². The minimum Gasteiger partial charge on any atom is -0.411 e. The van der Waals surface area contributed by atoms with Crippen LogP contribution in [0.1, 0.15) is 41.5 Å². The lowest BCUT2D eigenvalue weighted by atomic mass is 9.95. The molecule has 0 unspecified atom stereocenters. The highest BCUT2D eigenvalue weighted by molar-refractivity contribution is 5.93. The van der Waals surface area contributed by atoms with Gasteiger partial charge in [0.2, 0.25) is 0 Å². The summed E-state index contributed by atoms with van der Waals surface area (Å²) in [6.07, 6.45) is 3.84. The van der Waals surface area contributed by atoms with E-state index in [9.17, 15) is 10.0 Å². The van der Waals surface area contributed by atoms with Crippen molar-refractivity contribution in [1.82, 2.24) is 9.94 Å². The molecule has 0 aliphatic heterocycles. The minimum atomic E-state index is -0.0639. The van der Waals surface area contributed by atoms with Crippen molar-refractivity contribution < 1.29 is 10.0 Å². The van der Waals surface area contributed by atoms with Crippen molar-refractivity contribution in [3.63, 3.8) is 0 Å². The molecule has 0 spiro atoms. The van der Waals surface area contributed by atoms with Gasteiger partial charge in [-0.25, -0.2) is 0 Å². The standard InChI is InChI=1S/C9H12N2O2/c1-6(12)9-7-4-2-3-5-8(7)11(13)10-9/h13H,2-5H2,1H3. The van der Waals surface area contributed by atoms with E-state index in [1.807, 2.05) is 0 Å². The molecule has 4 nitrogen and oxygen atoms in total. The molecule has 0 atom stereocenters. The highest BCUT2D eigenvalue weighted by atomic mass is 16.5. The number of carbonyl (C=O) groups is 1. The van der Waals surface area contributed by atoms with Crippen LogP contribution in [0.5, 0.6) is 0 Å². The van der Waals surface area contributed by atoms with Crippen molar-refractivity contribution in [1.29, 1.82) is 0 Å². The Balaban J connectivity index is 2.53. The smallest absolute Gasteiger partial charge is 0.180 e. The Hall–Kier alpha value is -1.32. The first kappa shape index (κ1) is 8.29. The average Bonchev–Trinajstić information content (AvgIpc) is 2.45. The molecule has 1 heterocycles. The summed E-state index contributed by atoms with van der Waals surface area (Å²) < 4.78 is 0. The van der Waals surface area contributed by atoms with Gasteiger partial charge in [-0.05, 0) is 25.7 Å². The molecule has 0 aromatic carbocycles. The summed E-state index contributed by atoms with van der Waals surface area (Å²) >= 11 is 0. The summed E-state index contributed by atoms with van der Waals surface area (Å²) in [5.74, 6) is -0.0639. The van der Waals surface area contributed by atoms with Crippen LogP contribution in [0.2, 0.25) is 0 Å². The summed E-state index contributed by atoms with van der Waals surface area (Å²) in [6, 6.07) is 0. The topological polar surface area (TPSA) is 55.1 Å². The lowest BCUT2D eigenvalue weighted by Gasteiger charge is -2.10. The van der Waals surface area contributed by atoms with E-state index < -0.39 is 0 Å². The Kier molecular flexibility index (Phi) is 1.83. The van der Waals surface area contributed by atoms with Crippen LogP contribution in [0.25, 0.3) is 0 Å². The second-order valence-corrected chi connectivity index (χ2v) is 3.43. The normalized spacial score (nSPS) is 15.5. The van der Waals surface area contributed by atoms with Gasteiger partial charge < -0.3 is 5.21 Å². The highest BCUT2D eigenvalue weighted by Crippen LogP contribution is 2.23. The van der Waals surface area contributed by atoms with E-state index >= 15 is 0 Å². The largest absolute Gasteiger partial charge is 0.411 e. The van der Waals surface area contributed by atoms with E-state index in [1.165, 1.54) is 6.92 Å². The number of ketones is 1. The van der Waals surface area contributed by atoms with Gasteiger partial charge >= 0.3 is 0 Å². The second kappa shape index (κ2) is 2.87. The van der Waals surface area contributed by atoms with Crippen molar-refractivity contribution in [3.05, 3.63) is 17.0 Å². The van der Waals surface area contributed by atoms with Gasteiger partial charge in [-0.2, -0.15) is 0 Å². The minimum absolute atomic E-state index is 0.0639. The number of carbonyl (C=O) groups excluding carboxylic acids is 1. The molecule has 70 valence electrons. The number of hydrogen-bond acceptors (Lipinski definition) is 3. The molecule has 0 amide bonds. The molecule has 1 aliphatic rings. The quantitative estimate of drug-likeness (QED) is 0.522. The molecule has 13 heavy (non-hydrogen) atoms. The predicted molar refractivity (Wildman–Crippen MR) is 46.1 cm³/mol. The number of fused-ring (bicyclic) bond motifs is 1. The number of nitrogens with zero attached hydrogens (tertiary/aromatic N) is 2. The number of hydrogen-bond donors (Lipinski definition) is 1. The van der Waals surface area contributed by atoms with Gasteiger partial charge in [0.25, 0.3) is 0 Å². The van der Waals surface area contributed by atoms with E-state index in [0.29, 0.717) is 5.69 Å². The average molecular weight is 180 g/mol.